The average Bonchev–Trinajstić information content (AvgIpc) is 3.23. The molecule has 2 saturated heterocycles. The zero-order valence-corrected chi connectivity index (χ0v) is 13.6. The SMILES string of the molecule is O=C(NCc1ccco1)[C@@H]1CCO[C@@H]2CCN(CC3CC3)C[C@H]21. The molecule has 1 N–H and O–H groups in total. The van der Waals surface area contributed by atoms with E-state index in [4.69, 9.17) is 9.15 Å². The Hall–Kier alpha value is -1.33. The number of amides is 1. The summed E-state index contributed by atoms with van der Waals surface area (Å²) < 4.78 is 11.3. The third-order valence-corrected chi connectivity index (χ3v) is 5.52. The van der Waals surface area contributed by atoms with Gasteiger partial charge < -0.3 is 19.4 Å². The van der Waals surface area contributed by atoms with Gasteiger partial charge in [-0.15, -0.1) is 0 Å². The number of piperidine rings is 1. The molecule has 23 heavy (non-hydrogen) atoms. The van der Waals surface area contributed by atoms with Gasteiger partial charge in [-0.05, 0) is 43.7 Å². The first-order chi connectivity index (χ1) is 11.3. The Morgan fingerprint density at radius 1 is 1.30 bits per heavy atom. The summed E-state index contributed by atoms with van der Waals surface area (Å²) in [6.07, 6.45) is 6.58. The van der Waals surface area contributed by atoms with Crippen LogP contribution in [0.2, 0.25) is 0 Å². The minimum atomic E-state index is 0.0747. The zero-order chi connectivity index (χ0) is 15.6. The number of hydrogen-bond donors (Lipinski definition) is 1. The largest absolute Gasteiger partial charge is 0.467 e. The van der Waals surface area contributed by atoms with Gasteiger partial charge in [-0.25, -0.2) is 0 Å². The highest BCUT2D eigenvalue weighted by molar-refractivity contribution is 5.79. The highest BCUT2D eigenvalue weighted by atomic mass is 16.5. The minimum Gasteiger partial charge on any atom is -0.467 e. The Morgan fingerprint density at radius 2 is 2.22 bits per heavy atom. The van der Waals surface area contributed by atoms with Gasteiger partial charge in [0.05, 0.1) is 18.9 Å². The van der Waals surface area contributed by atoms with E-state index in [9.17, 15) is 4.79 Å². The molecule has 5 heteroatoms. The fourth-order valence-electron chi connectivity index (χ4n) is 4.06. The van der Waals surface area contributed by atoms with Crippen LogP contribution >= 0.6 is 0 Å². The van der Waals surface area contributed by atoms with E-state index >= 15 is 0 Å². The van der Waals surface area contributed by atoms with Crippen LogP contribution < -0.4 is 5.32 Å². The predicted molar refractivity (Wildman–Crippen MR) is 85.7 cm³/mol. The molecule has 4 rings (SSSR count). The van der Waals surface area contributed by atoms with Gasteiger partial charge in [0.2, 0.25) is 5.91 Å². The molecule has 5 nitrogen and oxygen atoms in total. The number of hydrogen-bond acceptors (Lipinski definition) is 4. The molecular formula is C18H26N2O3. The topological polar surface area (TPSA) is 54.7 Å². The summed E-state index contributed by atoms with van der Waals surface area (Å²) in [4.78, 5) is 15.2. The first kappa shape index (κ1) is 15.2. The second-order valence-electron chi connectivity index (χ2n) is 7.26. The van der Waals surface area contributed by atoms with Crippen molar-refractivity contribution in [2.24, 2.45) is 17.8 Å². The van der Waals surface area contributed by atoms with E-state index in [0.717, 1.165) is 37.6 Å². The van der Waals surface area contributed by atoms with Gasteiger partial charge in [-0.3, -0.25) is 4.79 Å². The number of carbonyl (C=O) groups excluding carboxylic acids is 1. The molecule has 3 heterocycles. The fraction of sp³-hybridized carbons (Fsp3) is 0.722. The molecule has 2 aliphatic heterocycles. The third kappa shape index (κ3) is 3.61. The van der Waals surface area contributed by atoms with Crippen molar-refractivity contribution in [3.8, 4) is 0 Å². The van der Waals surface area contributed by atoms with Crippen molar-refractivity contribution in [3.05, 3.63) is 24.2 Å². The number of rotatable bonds is 5. The Labute approximate surface area is 137 Å². The molecule has 0 unspecified atom stereocenters. The Balaban J connectivity index is 1.36. The molecule has 126 valence electrons. The summed E-state index contributed by atoms with van der Waals surface area (Å²) in [5.74, 6) is 2.29. The van der Waals surface area contributed by atoms with E-state index in [0.29, 0.717) is 19.1 Å². The molecule has 3 fully saturated rings. The van der Waals surface area contributed by atoms with Gasteiger partial charge in [0, 0.05) is 38.1 Å². The van der Waals surface area contributed by atoms with Gasteiger partial charge in [0.25, 0.3) is 0 Å². The Bertz CT molecular complexity index is 526. The number of ether oxygens (including phenoxy) is 1. The zero-order valence-electron chi connectivity index (χ0n) is 13.6. The predicted octanol–water partition coefficient (Wildman–Crippen LogP) is 2.03. The molecule has 3 aliphatic rings. The van der Waals surface area contributed by atoms with Crippen molar-refractivity contribution in [1.29, 1.82) is 0 Å². The van der Waals surface area contributed by atoms with Crippen LogP contribution in [-0.4, -0.2) is 43.2 Å². The maximum atomic E-state index is 12.7. The molecule has 3 atom stereocenters. The van der Waals surface area contributed by atoms with E-state index in [1.54, 1.807) is 6.26 Å². The first-order valence-electron chi connectivity index (χ1n) is 8.93. The molecule has 1 aliphatic carbocycles. The summed E-state index contributed by atoms with van der Waals surface area (Å²) in [6, 6.07) is 3.74. The van der Waals surface area contributed by atoms with Gasteiger partial charge >= 0.3 is 0 Å². The maximum Gasteiger partial charge on any atom is 0.224 e. The summed E-state index contributed by atoms with van der Waals surface area (Å²) in [5, 5.41) is 3.05. The van der Waals surface area contributed by atoms with Crippen LogP contribution in [0.25, 0.3) is 0 Å². The lowest BCUT2D eigenvalue weighted by atomic mass is 9.79. The van der Waals surface area contributed by atoms with E-state index < -0.39 is 0 Å². The van der Waals surface area contributed by atoms with Crippen molar-refractivity contribution in [2.45, 2.75) is 38.3 Å². The lowest BCUT2D eigenvalue weighted by molar-refractivity contribution is -0.142. The molecule has 0 radical (unpaired) electrons. The minimum absolute atomic E-state index is 0.0747. The quantitative estimate of drug-likeness (QED) is 0.902. The second kappa shape index (κ2) is 6.65. The van der Waals surface area contributed by atoms with E-state index in [1.165, 1.54) is 19.4 Å². The van der Waals surface area contributed by atoms with Crippen LogP contribution in [0, 0.1) is 17.8 Å². The highest BCUT2D eigenvalue weighted by Gasteiger charge is 2.42. The van der Waals surface area contributed by atoms with Crippen LogP contribution in [0.5, 0.6) is 0 Å². The first-order valence-corrected chi connectivity index (χ1v) is 8.93. The van der Waals surface area contributed by atoms with Crippen molar-refractivity contribution >= 4 is 5.91 Å². The number of carbonyl (C=O) groups is 1. The Morgan fingerprint density at radius 3 is 3.00 bits per heavy atom. The van der Waals surface area contributed by atoms with Crippen LogP contribution in [0.4, 0.5) is 0 Å². The van der Waals surface area contributed by atoms with E-state index in [2.05, 4.69) is 10.2 Å². The second-order valence-corrected chi connectivity index (χ2v) is 7.26. The molecule has 0 bridgehead atoms. The summed E-state index contributed by atoms with van der Waals surface area (Å²) in [6.45, 7) is 4.54. The van der Waals surface area contributed by atoms with Gasteiger partial charge in [-0.2, -0.15) is 0 Å². The van der Waals surface area contributed by atoms with Crippen molar-refractivity contribution in [3.63, 3.8) is 0 Å². The highest BCUT2D eigenvalue weighted by Crippen LogP contribution is 2.36. The number of fused-ring (bicyclic) bond motifs is 1. The van der Waals surface area contributed by atoms with E-state index in [-0.39, 0.29) is 17.9 Å². The molecular weight excluding hydrogens is 292 g/mol. The number of furan rings is 1. The molecule has 0 spiro atoms. The number of nitrogens with zero attached hydrogens (tertiary/aromatic N) is 1. The lowest BCUT2D eigenvalue weighted by Crippen LogP contribution is -2.53. The number of likely N-dealkylation sites (tertiary alicyclic amines) is 1. The van der Waals surface area contributed by atoms with Crippen molar-refractivity contribution in [2.75, 3.05) is 26.2 Å². The summed E-state index contributed by atoms with van der Waals surface area (Å²) in [7, 11) is 0. The lowest BCUT2D eigenvalue weighted by Gasteiger charge is -2.44. The normalized spacial score (nSPS) is 31.6. The van der Waals surface area contributed by atoms with Crippen LogP contribution in [0.1, 0.15) is 31.4 Å². The van der Waals surface area contributed by atoms with Crippen LogP contribution in [0.15, 0.2) is 22.8 Å². The molecule has 0 aromatic carbocycles. The molecule has 1 aromatic rings. The Kier molecular flexibility index (Phi) is 4.40. The molecule has 1 amide bonds. The average molecular weight is 318 g/mol. The number of nitrogens with one attached hydrogen (secondary N) is 1. The maximum absolute atomic E-state index is 12.7. The van der Waals surface area contributed by atoms with E-state index in [1.807, 2.05) is 12.1 Å². The van der Waals surface area contributed by atoms with Gasteiger partial charge in [-0.1, -0.05) is 0 Å². The van der Waals surface area contributed by atoms with Crippen molar-refractivity contribution in [1.82, 2.24) is 10.2 Å². The van der Waals surface area contributed by atoms with Crippen LogP contribution in [-0.2, 0) is 16.1 Å². The third-order valence-electron chi connectivity index (χ3n) is 5.52. The van der Waals surface area contributed by atoms with Crippen molar-refractivity contribution < 1.29 is 13.9 Å². The monoisotopic (exact) mass is 318 g/mol. The smallest absolute Gasteiger partial charge is 0.224 e. The van der Waals surface area contributed by atoms with Crippen LogP contribution in [0.3, 0.4) is 0 Å². The summed E-state index contributed by atoms with van der Waals surface area (Å²) >= 11 is 0. The fourth-order valence-corrected chi connectivity index (χ4v) is 4.06. The van der Waals surface area contributed by atoms with Gasteiger partial charge in [0.1, 0.15) is 5.76 Å². The molecule has 1 aromatic heterocycles. The standard InChI is InChI=1S/C18H26N2O3/c21-18(19-10-14-2-1-8-22-14)15-6-9-23-17-5-7-20(12-16(15)17)11-13-3-4-13/h1-2,8,13,15-17H,3-7,9-12H2,(H,19,21)/t15-,16+,17-/m1/s1. The molecule has 1 saturated carbocycles. The summed E-state index contributed by atoms with van der Waals surface area (Å²) in [5.41, 5.74) is 0. The van der Waals surface area contributed by atoms with Gasteiger partial charge in [0.15, 0.2) is 0 Å².